The first kappa shape index (κ1) is 64.2. The molecule has 79 heavy (non-hydrogen) atoms. The lowest BCUT2D eigenvalue weighted by Gasteiger charge is -2.57. The molecule has 1 atom stereocenters. The first-order chi connectivity index (χ1) is 37.0. The maximum atomic E-state index is 2.46. The minimum atomic E-state index is 0.319. The van der Waals surface area contributed by atoms with Gasteiger partial charge in [0, 0.05) is 46.7 Å². The Morgan fingerprint density at radius 2 is 0.456 bits per heavy atom. The Morgan fingerprint density at radius 1 is 0.241 bits per heavy atom. The van der Waals surface area contributed by atoms with Gasteiger partial charge in [0.2, 0.25) is 0 Å². The zero-order valence-corrected chi connectivity index (χ0v) is 54.0. The van der Waals surface area contributed by atoms with Crippen LogP contribution < -0.4 is 0 Å². The number of likely N-dealkylation sites (tertiary alicyclic amines) is 3. The monoisotopic (exact) mass is 1070 g/mol. The average Bonchev–Trinajstić information content (AvgIpc) is 4.18. The Balaban J connectivity index is 0.000000160. The smallest absolute Gasteiger partial charge is 0.0255 e. The Kier molecular flexibility index (Phi) is 21.2. The molecule has 2 saturated carbocycles. The van der Waals surface area contributed by atoms with Crippen molar-refractivity contribution in [2.75, 3.05) is 60.4 Å². The number of nitrogens with zero attached hydrogens (tertiary/aromatic N) is 3. The molecule has 1 unspecified atom stereocenters. The summed E-state index contributed by atoms with van der Waals surface area (Å²) in [6.07, 6.45) is 16.3. The van der Waals surface area contributed by atoms with Crippen molar-refractivity contribution in [3.05, 3.63) is 179 Å². The lowest BCUT2D eigenvalue weighted by atomic mass is 9.56. The zero-order valence-electron chi connectivity index (χ0n) is 54.0. The lowest BCUT2D eigenvalue weighted by molar-refractivity contribution is 0.00400. The molecule has 0 bridgehead atoms. The molecular weight excluding hydrogens is 955 g/mol. The van der Waals surface area contributed by atoms with Gasteiger partial charge in [-0.15, -0.1) is 0 Å². The van der Waals surface area contributed by atoms with Crippen LogP contribution in [0, 0.1) is 27.1 Å². The van der Waals surface area contributed by atoms with Gasteiger partial charge in [0.25, 0.3) is 0 Å². The van der Waals surface area contributed by atoms with E-state index >= 15 is 0 Å². The summed E-state index contributed by atoms with van der Waals surface area (Å²) in [5.74, 6) is 0. The molecule has 0 aromatic heterocycles. The van der Waals surface area contributed by atoms with Crippen molar-refractivity contribution in [1.29, 1.82) is 0 Å². The van der Waals surface area contributed by atoms with Crippen LogP contribution in [0.5, 0.6) is 0 Å². The fourth-order valence-corrected chi connectivity index (χ4v) is 15.6. The third kappa shape index (κ3) is 14.4. The number of likely N-dealkylation sites (N-methyl/N-ethyl adjacent to an activating group) is 2. The van der Waals surface area contributed by atoms with Crippen LogP contribution in [0.25, 0.3) is 0 Å². The van der Waals surface area contributed by atoms with E-state index < -0.39 is 0 Å². The van der Waals surface area contributed by atoms with E-state index in [1.807, 2.05) is 0 Å². The van der Waals surface area contributed by atoms with Gasteiger partial charge in [-0.05, 0) is 141 Å². The zero-order chi connectivity index (χ0) is 58.0. The van der Waals surface area contributed by atoms with Crippen LogP contribution in [-0.4, -0.2) is 75.1 Å². The molecule has 0 spiro atoms. The Labute approximate surface area is 487 Å². The van der Waals surface area contributed by atoms with Gasteiger partial charge in [0.15, 0.2) is 0 Å². The summed E-state index contributed by atoms with van der Waals surface area (Å²) in [7, 11) is 6.67. The Morgan fingerprint density at radius 3 is 0.709 bits per heavy atom. The Bertz CT molecular complexity index is 2450. The molecule has 0 N–H and O–H groups in total. The van der Waals surface area contributed by atoms with E-state index in [0.29, 0.717) is 54.1 Å². The highest BCUT2D eigenvalue weighted by Gasteiger charge is 2.51. The van der Waals surface area contributed by atoms with E-state index in [2.05, 4.69) is 291 Å². The first-order valence-corrected chi connectivity index (χ1v) is 31.3. The molecule has 3 nitrogen and oxygen atoms in total. The molecule has 10 rings (SSSR count). The third-order valence-corrected chi connectivity index (χ3v) is 21.4. The maximum Gasteiger partial charge on any atom is 0.0255 e. The number of hydrogen-bond donors (Lipinski definition) is 0. The molecule has 0 radical (unpaired) electrons. The number of hydrogen-bond acceptors (Lipinski definition) is 3. The van der Waals surface area contributed by atoms with Gasteiger partial charge < -0.3 is 14.7 Å². The highest BCUT2D eigenvalue weighted by atomic mass is 15.2. The molecule has 3 heteroatoms. The lowest BCUT2D eigenvalue weighted by Crippen LogP contribution is -2.63. The van der Waals surface area contributed by atoms with Crippen LogP contribution in [0.2, 0.25) is 0 Å². The molecular formula is C76H115N3. The van der Waals surface area contributed by atoms with E-state index in [0.717, 1.165) is 0 Å². The molecule has 3 saturated heterocycles. The second-order valence-electron chi connectivity index (χ2n) is 30.7. The van der Waals surface area contributed by atoms with Crippen LogP contribution in [0.3, 0.4) is 0 Å². The topological polar surface area (TPSA) is 9.72 Å². The predicted molar refractivity (Wildman–Crippen MR) is 346 cm³/mol. The standard InChI is InChI=1S/C16H25N.C16H24.C15H23N.C15H22.C14H21N/c1-15(2,3)16(10-12-17(4)13-11-16)14-8-6-5-7-9-14;1-15(2,3)16(12-8-5-9-13-16)14-10-6-4-7-11-14;1-14(2,3)15(10-11-16(4)12-15)13-8-6-5-7-9-13;1-14(2,3)15(11-7-8-12-15)13-9-5-4-6-10-13;1-13(2,3)14(10-15(4)11-14)12-8-6-5-7-9-12/h5-9H,10-13H2,1-4H3;4,6-7,10-11H,5,8-9,12-13H2,1-3H3;5-9H,10-12H2,1-4H3;4-6,9-10H,7-8,11-12H2,1-3H3;5-9H,10-11H2,1-4H3. The summed E-state index contributed by atoms with van der Waals surface area (Å²) in [4.78, 5) is 7.31. The van der Waals surface area contributed by atoms with Gasteiger partial charge in [-0.3, -0.25) is 0 Å². The maximum absolute atomic E-state index is 2.46. The largest absolute Gasteiger partial charge is 0.306 e. The van der Waals surface area contributed by atoms with Crippen molar-refractivity contribution >= 4 is 0 Å². The normalized spacial score (nSPS) is 22.2. The van der Waals surface area contributed by atoms with E-state index in [4.69, 9.17) is 0 Å². The second-order valence-corrected chi connectivity index (χ2v) is 30.7. The highest BCUT2D eigenvalue weighted by Crippen LogP contribution is 2.54. The van der Waals surface area contributed by atoms with Crippen molar-refractivity contribution in [1.82, 2.24) is 14.7 Å². The molecule has 5 aromatic carbocycles. The molecule has 5 fully saturated rings. The quantitative estimate of drug-likeness (QED) is 0.174. The Hall–Kier alpha value is -4.02. The average molecular weight is 1070 g/mol. The van der Waals surface area contributed by atoms with Gasteiger partial charge in [-0.1, -0.05) is 288 Å². The molecule has 3 heterocycles. The molecule has 434 valence electrons. The molecule has 2 aliphatic carbocycles. The van der Waals surface area contributed by atoms with Crippen molar-refractivity contribution in [3.63, 3.8) is 0 Å². The molecule has 0 amide bonds. The third-order valence-electron chi connectivity index (χ3n) is 21.4. The van der Waals surface area contributed by atoms with E-state index in [-0.39, 0.29) is 0 Å². The van der Waals surface area contributed by atoms with Crippen LogP contribution in [0.1, 0.15) is 209 Å². The van der Waals surface area contributed by atoms with Crippen LogP contribution >= 0.6 is 0 Å². The van der Waals surface area contributed by atoms with Crippen molar-refractivity contribution in [2.45, 2.75) is 208 Å². The molecule has 5 aliphatic rings. The summed E-state index contributed by atoms with van der Waals surface area (Å²) in [6, 6.07) is 55.4. The minimum absolute atomic E-state index is 0.319. The summed E-state index contributed by atoms with van der Waals surface area (Å²) in [5.41, 5.74) is 11.2. The van der Waals surface area contributed by atoms with Crippen molar-refractivity contribution in [3.8, 4) is 0 Å². The summed E-state index contributed by atoms with van der Waals surface area (Å²) in [5, 5.41) is 0. The highest BCUT2D eigenvalue weighted by molar-refractivity contribution is 5.35. The number of piperidine rings is 1. The van der Waals surface area contributed by atoms with Crippen LogP contribution in [0.4, 0.5) is 0 Å². The summed E-state index contributed by atoms with van der Waals surface area (Å²) >= 11 is 0. The van der Waals surface area contributed by atoms with Crippen molar-refractivity contribution < 1.29 is 0 Å². The van der Waals surface area contributed by atoms with E-state index in [1.54, 1.807) is 11.1 Å². The van der Waals surface area contributed by atoms with Gasteiger partial charge in [-0.25, -0.2) is 0 Å². The van der Waals surface area contributed by atoms with Gasteiger partial charge in [-0.2, -0.15) is 0 Å². The second kappa shape index (κ2) is 26.1. The predicted octanol–water partition coefficient (Wildman–Crippen LogP) is 19.4. The summed E-state index contributed by atoms with van der Waals surface area (Å²) < 4.78 is 0. The van der Waals surface area contributed by atoms with Crippen LogP contribution in [-0.2, 0) is 27.1 Å². The molecule has 5 aromatic rings. The van der Waals surface area contributed by atoms with Gasteiger partial charge in [0.1, 0.15) is 0 Å². The number of rotatable bonds is 5. The fraction of sp³-hybridized carbons (Fsp3) is 0.605. The van der Waals surface area contributed by atoms with Crippen molar-refractivity contribution in [2.24, 2.45) is 27.1 Å². The van der Waals surface area contributed by atoms with E-state index in [9.17, 15) is 0 Å². The summed E-state index contributed by atoms with van der Waals surface area (Å²) in [6.45, 7) is 43.0. The minimum Gasteiger partial charge on any atom is -0.306 e. The fourth-order valence-electron chi connectivity index (χ4n) is 15.6. The number of benzene rings is 5. The molecule has 3 aliphatic heterocycles. The van der Waals surface area contributed by atoms with E-state index in [1.165, 1.54) is 133 Å². The SMILES string of the molecule is CC(C)(C)C1(c2ccccc2)CCCC1.CC(C)(C)C1(c2ccccc2)CCCCC1.CN1CC(c2ccccc2)(C(C)(C)C)C1.CN1CCC(c2ccccc2)(C(C)(C)C)C1.CN1CCC(c2ccccc2)(C(C)(C)C)CC1. The first-order valence-electron chi connectivity index (χ1n) is 31.3. The van der Waals surface area contributed by atoms with Crippen LogP contribution in [0.15, 0.2) is 152 Å². The van der Waals surface area contributed by atoms with Gasteiger partial charge in [0.05, 0.1) is 0 Å². The van der Waals surface area contributed by atoms with Gasteiger partial charge >= 0.3 is 0 Å².